The Bertz CT molecular complexity index is 965. The molecular weight excluding hydrogens is 338 g/mol. The number of carbonyl (C=O) groups excluding carboxylic acids is 2. The molecule has 0 aliphatic carbocycles. The summed E-state index contributed by atoms with van der Waals surface area (Å²) < 4.78 is 7.20. The van der Waals surface area contributed by atoms with Crippen LogP contribution in [0.4, 0.5) is 0 Å². The quantitative estimate of drug-likeness (QED) is 0.634. The molecule has 128 valence electrons. The normalized spacial score (nSPS) is 10.9. The molecule has 0 aliphatic rings. The summed E-state index contributed by atoms with van der Waals surface area (Å²) in [6, 6.07) is 11.0. The molecule has 5 heteroatoms. The van der Waals surface area contributed by atoms with Crippen molar-refractivity contribution in [2.24, 2.45) is 0 Å². The van der Waals surface area contributed by atoms with Gasteiger partial charge >= 0.3 is 0 Å². The summed E-state index contributed by atoms with van der Waals surface area (Å²) >= 11 is 6.15. The highest BCUT2D eigenvalue weighted by molar-refractivity contribution is 6.32. The third-order valence-electron chi connectivity index (χ3n) is 4.30. The second-order valence-electron chi connectivity index (χ2n) is 6.02. The largest absolute Gasteiger partial charge is 0.484 e. The van der Waals surface area contributed by atoms with E-state index >= 15 is 0 Å². The van der Waals surface area contributed by atoms with Crippen molar-refractivity contribution in [3.05, 3.63) is 63.8 Å². The molecule has 1 aromatic heterocycles. The summed E-state index contributed by atoms with van der Waals surface area (Å²) in [5.41, 5.74) is 3.65. The number of nitrogens with zero attached hydrogens (tertiary/aromatic N) is 1. The van der Waals surface area contributed by atoms with Gasteiger partial charge < -0.3 is 4.74 Å². The number of carbonyl (C=O) groups is 2. The zero-order valence-corrected chi connectivity index (χ0v) is 15.1. The number of rotatable bonds is 4. The molecular formula is C20H18ClNO3. The number of halogens is 1. The van der Waals surface area contributed by atoms with Gasteiger partial charge in [0.25, 0.3) is 5.91 Å². The third-order valence-corrected chi connectivity index (χ3v) is 4.90. The molecule has 3 aromatic rings. The second-order valence-corrected chi connectivity index (χ2v) is 6.40. The Kier molecular flexibility index (Phi) is 4.64. The highest BCUT2D eigenvalue weighted by Crippen LogP contribution is 2.27. The first-order valence-corrected chi connectivity index (χ1v) is 8.29. The lowest BCUT2D eigenvalue weighted by atomic mass is 10.1. The predicted molar refractivity (Wildman–Crippen MR) is 99.1 cm³/mol. The maximum atomic E-state index is 12.7. The zero-order valence-electron chi connectivity index (χ0n) is 14.3. The van der Waals surface area contributed by atoms with Gasteiger partial charge in [-0.2, -0.15) is 0 Å². The second kappa shape index (κ2) is 6.73. The Balaban J connectivity index is 1.91. The number of para-hydroxylation sites is 1. The summed E-state index contributed by atoms with van der Waals surface area (Å²) in [4.78, 5) is 24.1. The lowest BCUT2D eigenvalue weighted by Crippen LogP contribution is -2.20. The Labute approximate surface area is 151 Å². The number of aromatic nitrogens is 1. The van der Waals surface area contributed by atoms with Gasteiger partial charge in [0.15, 0.2) is 12.9 Å². The van der Waals surface area contributed by atoms with Crippen LogP contribution >= 0.6 is 11.6 Å². The van der Waals surface area contributed by atoms with Crippen LogP contribution in [-0.4, -0.2) is 23.4 Å². The lowest BCUT2D eigenvalue weighted by molar-refractivity contribution is 0.0841. The highest BCUT2D eigenvalue weighted by atomic mass is 35.5. The smallest absolute Gasteiger partial charge is 0.269 e. The molecule has 0 aliphatic heterocycles. The molecule has 0 bridgehead atoms. The fourth-order valence-corrected chi connectivity index (χ4v) is 3.17. The number of aryl methyl sites for hydroxylation is 2. The number of benzene rings is 2. The van der Waals surface area contributed by atoms with Crippen molar-refractivity contribution in [1.82, 2.24) is 4.57 Å². The van der Waals surface area contributed by atoms with E-state index in [2.05, 4.69) is 0 Å². The van der Waals surface area contributed by atoms with Gasteiger partial charge in [-0.3, -0.25) is 14.2 Å². The van der Waals surface area contributed by atoms with Crippen molar-refractivity contribution in [2.45, 2.75) is 20.8 Å². The molecule has 0 saturated carbocycles. The number of hydrogen-bond acceptors (Lipinski definition) is 3. The molecule has 1 heterocycles. The molecule has 0 saturated heterocycles. The minimum atomic E-state index is -0.230. The minimum Gasteiger partial charge on any atom is -0.484 e. The predicted octanol–water partition coefficient (Wildman–Crippen LogP) is 4.75. The molecule has 0 radical (unpaired) electrons. The SMILES string of the molecule is Cc1cc(OCC(=O)n2c(C)c(C=O)c3ccccc32)cc(C)c1Cl. The molecule has 0 spiro atoms. The van der Waals surface area contributed by atoms with Crippen molar-refractivity contribution in [2.75, 3.05) is 6.61 Å². The van der Waals surface area contributed by atoms with Gasteiger partial charge in [0.05, 0.1) is 5.52 Å². The Morgan fingerprint density at radius 3 is 2.44 bits per heavy atom. The Hall–Kier alpha value is -2.59. The van der Waals surface area contributed by atoms with Crippen molar-refractivity contribution >= 4 is 34.7 Å². The lowest BCUT2D eigenvalue weighted by Gasteiger charge is -2.11. The number of ether oxygens (including phenoxy) is 1. The third kappa shape index (κ3) is 3.05. The van der Waals surface area contributed by atoms with Gasteiger partial charge in [-0.1, -0.05) is 29.8 Å². The van der Waals surface area contributed by atoms with E-state index in [1.165, 1.54) is 4.57 Å². The molecule has 0 unspecified atom stereocenters. The molecule has 0 atom stereocenters. The summed E-state index contributed by atoms with van der Waals surface area (Å²) in [5.74, 6) is 0.365. The maximum absolute atomic E-state index is 12.7. The van der Waals surface area contributed by atoms with Crippen LogP contribution in [0, 0.1) is 20.8 Å². The number of hydrogen-bond donors (Lipinski definition) is 0. The fraction of sp³-hybridized carbons (Fsp3) is 0.200. The van der Waals surface area contributed by atoms with Crippen LogP contribution in [0.25, 0.3) is 10.9 Å². The van der Waals surface area contributed by atoms with Crippen molar-refractivity contribution in [3.63, 3.8) is 0 Å². The summed E-state index contributed by atoms with van der Waals surface area (Å²) in [6.07, 6.45) is 0.786. The van der Waals surface area contributed by atoms with Crippen LogP contribution < -0.4 is 4.74 Å². The van der Waals surface area contributed by atoms with Gasteiger partial charge in [-0.25, -0.2) is 0 Å². The molecule has 3 rings (SSSR count). The van der Waals surface area contributed by atoms with Gasteiger partial charge in [0, 0.05) is 21.7 Å². The van der Waals surface area contributed by atoms with Crippen LogP contribution in [0.3, 0.4) is 0 Å². The van der Waals surface area contributed by atoms with E-state index in [4.69, 9.17) is 16.3 Å². The maximum Gasteiger partial charge on any atom is 0.269 e. The molecule has 0 amide bonds. The summed E-state index contributed by atoms with van der Waals surface area (Å²) in [5, 5.41) is 1.46. The van der Waals surface area contributed by atoms with E-state index < -0.39 is 0 Å². The van der Waals surface area contributed by atoms with E-state index in [0.29, 0.717) is 27.5 Å². The average molecular weight is 356 g/mol. The van der Waals surface area contributed by atoms with Crippen LogP contribution in [0.1, 0.15) is 32.0 Å². The molecule has 0 fully saturated rings. The molecule has 25 heavy (non-hydrogen) atoms. The summed E-state index contributed by atoms with van der Waals surface area (Å²) in [6.45, 7) is 5.42. The van der Waals surface area contributed by atoms with E-state index in [0.717, 1.165) is 22.8 Å². The van der Waals surface area contributed by atoms with E-state index in [-0.39, 0.29) is 12.5 Å². The fourth-order valence-electron chi connectivity index (χ4n) is 3.06. The molecule has 2 aromatic carbocycles. The van der Waals surface area contributed by atoms with Crippen molar-refractivity contribution < 1.29 is 14.3 Å². The number of fused-ring (bicyclic) bond motifs is 1. The molecule has 4 nitrogen and oxygen atoms in total. The van der Waals surface area contributed by atoms with Crippen molar-refractivity contribution in [1.29, 1.82) is 0 Å². The van der Waals surface area contributed by atoms with E-state index in [1.807, 2.05) is 38.1 Å². The summed E-state index contributed by atoms with van der Waals surface area (Å²) in [7, 11) is 0. The standard InChI is InChI=1S/C20H18ClNO3/c1-12-8-15(9-13(2)20(12)21)25-11-19(24)22-14(3)17(10-23)16-6-4-5-7-18(16)22/h4-10H,11H2,1-3H3. The first kappa shape index (κ1) is 17.2. The first-order valence-electron chi connectivity index (χ1n) is 7.92. The number of aldehydes is 1. The molecule has 0 N–H and O–H groups in total. The first-order chi connectivity index (χ1) is 11.9. The van der Waals surface area contributed by atoms with E-state index in [1.54, 1.807) is 19.1 Å². The van der Waals surface area contributed by atoms with Crippen LogP contribution in [-0.2, 0) is 0 Å². The van der Waals surface area contributed by atoms with Gasteiger partial charge in [-0.05, 0) is 50.1 Å². The average Bonchev–Trinajstić information content (AvgIpc) is 2.88. The van der Waals surface area contributed by atoms with E-state index in [9.17, 15) is 9.59 Å². The Morgan fingerprint density at radius 1 is 1.16 bits per heavy atom. The van der Waals surface area contributed by atoms with Crippen LogP contribution in [0.15, 0.2) is 36.4 Å². The Morgan fingerprint density at radius 2 is 1.80 bits per heavy atom. The minimum absolute atomic E-state index is 0.127. The van der Waals surface area contributed by atoms with Gasteiger partial charge in [0.1, 0.15) is 5.75 Å². The topological polar surface area (TPSA) is 48.3 Å². The van der Waals surface area contributed by atoms with Crippen molar-refractivity contribution in [3.8, 4) is 5.75 Å². The zero-order chi connectivity index (χ0) is 18.1. The van der Waals surface area contributed by atoms with Crippen LogP contribution in [0.5, 0.6) is 5.75 Å². The van der Waals surface area contributed by atoms with Gasteiger partial charge in [-0.15, -0.1) is 0 Å². The van der Waals surface area contributed by atoms with Crippen LogP contribution in [0.2, 0.25) is 5.02 Å². The highest BCUT2D eigenvalue weighted by Gasteiger charge is 2.18. The van der Waals surface area contributed by atoms with Gasteiger partial charge in [0.2, 0.25) is 0 Å². The monoisotopic (exact) mass is 355 g/mol.